The highest BCUT2D eigenvalue weighted by molar-refractivity contribution is 5.99. The Morgan fingerprint density at radius 3 is 2.44 bits per heavy atom. The smallest absolute Gasteiger partial charge is 0.408 e. The molecule has 0 spiro atoms. The van der Waals surface area contributed by atoms with Crippen LogP contribution in [-0.2, 0) is 9.53 Å². The molecule has 0 bridgehead atoms. The number of hydrogen-bond donors (Lipinski definition) is 3. The van der Waals surface area contributed by atoms with Crippen molar-refractivity contribution < 1.29 is 28.6 Å². The lowest BCUT2D eigenvalue weighted by Crippen LogP contribution is -2.51. The quantitative estimate of drug-likeness (QED) is 0.421. The van der Waals surface area contributed by atoms with Crippen molar-refractivity contribution in [1.82, 2.24) is 5.32 Å². The van der Waals surface area contributed by atoms with Crippen LogP contribution in [-0.4, -0.2) is 49.0 Å². The Labute approximate surface area is 208 Å². The number of nitrogens with zero attached hydrogens (tertiary/aromatic N) is 1. The first-order valence-corrected chi connectivity index (χ1v) is 11.3. The number of amides is 2. The highest BCUT2D eigenvalue weighted by Gasteiger charge is 2.29. The molecule has 3 rings (SSSR count). The van der Waals surface area contributed by atoms with Crippen LogP contribution >= 0.6 is 0 Å². The third-order valence-electron chi connectivity index (χ3n) is 5.25. The van der Waals surface area contributed by atoms with Crippen molar-refractivity contribution in [3.8, 4) is 5.75 Å². The number of benzene rings is 2. The lowest BCUT2D eigenvalue weighted by molar-refractivity contribution is -0.120. The zero-order chi connectivity index (χ0) is 26.6. The second-order valence-corrected chi connectivity index (χ2v) is 9.24. The lowest BCUT2D eigenvalue weighted by Gasteiger charge is -2.25. The summed E-state index contributed by atoms with van der Waals surface area (Å²) < 4.78 is 15.9. The van der Waals surface area contributed by atoms with Gasteiger partial charge in [0.15, 0.2) is 0 Å². The van der Waals surface area contributed by atoms with E-state index in [1.807, 2.05) is 12.1 Å². The molecule has 0 aliphatic carbocycles. The number of aliphatic hydroxyl groups is 1. The molecule has 0 saturated carbocycles. The highest BCUT2D eigenvalue weighted by atomic mass is 16.6. The van der Waals surface area contributed by atoms with Gasteiger partial charge in [0, 0.05) is 24.2 Å². The van der Waals surface area contributed by atoms with Gasteiger partial charge in [0.25, 0.3) is 0 Å². The van der Waals surface area contributed by atoms with Crippen LogP contribution in [0.4, 0.5) is 21.9 Å². The predicted molar refractivity (Wildman–Crippen MR) is 137 cm³/mol. The van der Waals surface area contributed by atoms with Crippen LogP contribution in [0.3, 0.4) is 0 Å². The molecule has 1 aromatic heterocycles. The van der Waals surface area contributed by atoms with E-state index >= 15 is 0 Å². The summed E-state index contributed by atoms with van der Waals surface area (Å²) in [5, 5.41) is 16.0. The zero-order valence-corrected chi connectivity index (χ0v) is 21.1. The third kappa shape index (κ3) is 6.33. The number of carbonyl (C=O) groups excluding carboxylic acids is 2. The number of alkyl carbamates (subject to hydrolysis) is 1. The summed E-state index contributed by atoms with van der Waals surface area (Å²) in [6, 6.07) is 12.4. The number of aliphatic hydroxyl groups excluding tert-OH is 1. The largest absolute Gasteiger partial charge is 0.495 e. The van der Waals surface area contributed by atoms with Gasteiger partial charge in [0.05, 0.1) is 24.6 Å². The number of nitrogens with one attached hydrogen (secondary N) is 2. The molecular formula is C26H31N3O7. The van der Waals surface area contributed by atoms with Gasteiger partial charge in [-0.05, 0) is 58.0 Å². The molecule has 10 heteroatoms. The Balaban J connectivity index is 1.91. The number of anilines is 3. The van der Waals surface area contributed by atoms with E-state index in [-0.39, 0.29) is 0 Å². The maximum atomic E-state index is 13.0. The first-order valence-electron chi connectivity index (χ1n) is 11.3. The molecular weight excluding hydrogens is 466 g/mol. The van der Waals surface area contributed by atoms with Gasteiger partial charge in [0.1, 0.15) is 23.0 Å². The van der Waals surface area contributed by atoms with E-state index in [9.17, 15) is 19.5 Å². The molecule has 3 N–H and O–H groups in total. The molecule has 0 saturated heterocycles. The number of carbonyl (C=O) groups is 2. The molecule has 2 atom stereocenters. The number of fused-ring (bicyclic) bond motifs is 1. The van der Waals surface area contributed by atoms with Crippen LogP contribution in [0, 0.1) is 0 Å². The summed E-state index contributed by atoms with van der Waals surface area (Å²) in [5.41, 5.74) is 0.724. The first kappa shape index (κ1) is 26.6. The summed E-state index contributed by atoms with van der Waals surface area (Å²) in [7, 11) is 3.23. The van der Waals surface area contributed by atoms with Gasteiger partial charge in [-0.1, -0.05) is 12.1 Å². The summed E-state index contributed by atoms with van der Waals surface area (Å²) in [6.45, 7) is 6.46. The van der Waals surface area contributed by atoms with Crippen molar-refractivity contribution in [1.29, 1.82) is 0 Å². The van der Waals surface area contributed by atoms with Crippen molar-refractivity contribution >= 4 is 40.0 Å². The van der Waals surface area contributed by atoms with Gasteiger partial charge < -0.3 is 34.5 Å². The van der Waals surface area contributed by atoms with E-state index in [1.54, 1.807) is 63.1 Å². The van der Waals surface area contributed by atoms with Crippen LogP contribution in [0.1, 0.15) is 27.7 Å². The van der Waals surface area contributed by atoms with Crippen LogP contribution in [0.5, 0.6) is 5.75 Å². The van der Waals surface area contributed by atoms with Gasteiger partial charge >= 0.3 is 11.7 Å². The minimum Gasteiger partial charge on any atom is -0.495 e. The molecule has 2 unspecified atom stereocenters. The fourth-order valence-corrected chi connectivity index (χ4v) is 3.56. The van der Waals surface area contributed by atoms with E-state index in [4.69, 9.17) is 13.9 Å². The van der Waals surface area contributed by atoms with Gasteiger partial charge in [-0.25, -0.2) is 9.59 Å². The fourth-order valence-electron chi connectivity index (χ4n) is 3.56. The van der Waals surface area contributed by atoms with Crippen molar-refractivity contribution in [2.75, 3.05) is 24.4 Å². The van der Waals surface area contributed by atoms with Crippen molar-refractivity contribution in [3.63, 3.8) is 0 Å². The molecule has 0 radical (unpaired) electrons. The molecule has 3 aromatic rings. The van der Waals surface area contributed by atoms with Gasteiger partial charge in [-0.3, -0.25) is 4.79 Å². The van der Waals surface area contributed by atoms with Crippen molar-refractivity contribution in [2.24, 2.45) is 0 Å². The molecule has 1 heterocycles. The van der Waals surface area contributed by atoms with E-state index in [1.165, 1.54) is 20.1 Å². The SMILES string of the molecule is COc1ccc(N(C)c2cc(=O)oc3ccccc23)cc1NC(=O)C(NC(=O)OC(C)(C)C)C(C)O. The summed E-state index contributed by atoms with van der Waals surface area (Å²) in [6.07, 6.45) is -2.04. The highest BCUT2D eigenvalue weighted by Crippen LogP contribution is 2.34. The van der Waals surface area contributed by atoms with E-state index < -0.39 is 35.4 Å². The second-order valence-electron chi connectivity index (χ2n) is 9.24. The maximum Gasteiger partial charge on any atom is 0.408 e. The standard InChI is InChI=1S/C26H31N3O7/c1-15(30)23(28-25(33)36-26(2,3)4)24(32)27-18-13-16(11-12-21(18)34-6)29(5)19-14-22(31)35-20-10-8-7-9-17(19)20/h7-15,23,30H,1-6H3,(H,27,32)(H,28,33). The van der Waals surface area contributed by atoms with Gasteiger partial charge in [-0.15, -0.1) is 0 Å². The van der Waals surface area contributed by atoms with Crippen molar-refractivity contribution in [3.05, 3.63) is 59.0 Å². The molecule has 0 fully saturated rings. The maximum absolute atomic E-state index is 13.0. The number of ether oxygens (including phenoxy) is 2. The molecule has 0 aliphatic heterocycles. The van der Waals surface area contributed by atoms with Crippen LogP contribution in [0.25, 0.3) is 11.0 Å². The molecule has 0 aliphatic rings. The minimum absolute atomic E-state index is 0.302. The Morgan fingerprint density at radius 2 is 1.81 bits per heavy atom. The van der Waals surface area contributed by atoms with E-state index in [0.29, 0.717) is 28.4 Å². The Kier molecular flexibility index (Phi) is 7.89. The number of hydrogen-bond acceptors (Lipinski definition) is 8. The summed E-state index contributed by atoms with van der Waals surface area (Å²) >= 11 is 0. The number of para-hydroxylation sites is 1. The minimum atomic E-state index is -1.28. The second kappa shape index (κ2) is 10.7. The van der Waals surface area contributed by atoms with Crippen LogP contribution in [0.15, 0.2) is 57.7 Å². The van der Waals surface area contributed by atoms with Crippen molar-refractivity contribution in [2.45, 2.75) is 45.4 Å². The molecule has 192 valence electrons. The summed E-state index contributed by atoms with van der Waals surface area (Å²) in [4.78, 5) is 39.1. The van der Waals surface area contributed by atoms with Crippen LogP contribution < -0.4 is 25.9 Å². The average Bonchev–Trinajstić information content (AvgIpc) is 2.80. The predicted octanol–water partition coefficient (Wildman–Crippen LogP) is 3.78. The zero-order valence-electron chi connectivity index (χ0n) is 21.1. The van der Waals surface area contributed by atoms with E-state index in [0.717, 1.165) is 5.39 Å². The van der Waals surface area contributed by atoms with Crippen LogP contribution in [0.2, 0.25) is 0 Å². The topological polar surface area (TPSA) is 130 Å². The molecule has 10 nitrogen and oxygen atoms in total. The number of methoxy groups -OCH3 is 1. The first-order chi connectivity index (χ1) is 16.9. The van der Waals surface area contributed by atoms with Gasteiger partial charge in [-0.2, -0.15) is 0 Å². The normalized spacial score (nSPS) is 13.0. The molecule has 36 heavy (non-hydrogen) atoms. The fraction of sp³-hybridized carbons (Fsp3) is 0.346. The molecule has 2 aromatic carbocycles. The van der Waals surface area contributed by atoms with E-state index in [2.05, 4.69) is 10.6 Å². The lowest BCUT2D eigenvalue weighted by atomic mass is 10.1. The van der Waals surface area contributed by atoms with Gasteiger partial charge in [0.2, 0.25) is 5.91 Å². The Hall–Kier alpha value is -4.05. The Morgan fingerprint density at radius 1 is 1.11 bits per heavy atom. The average molecular weight is 498 g/mol. The summed E-state index contributed by atoms with van der Waals surface area (Å²) in [5.74, 6) is -0.306. The monoisotopic (exact) mass is 497 g/mol. The number of rotatable bonds is 7. The molecule has 2 amide bonds. The Bertz CT molecular complexity index is 1310. The third-order valence-corrected chi connectivity index (χ3v) is 5.25.